The first-order valence-corrected chi connectivity index (χ1v) is 11.8. The normalized spacial score (nSPS) is 17.2. The first-order chi connectivity index (χ1) is 15.9. The van der Waals surface area contributed by atoms with Crippen molar-refractivity contribution >= 4 is 16.8 Å². The van der Waals surface area contributed by atoms with Gasteiger partial charge in [-0.3, -0.25) is 9.89 Å². The molecule has 1 aromatic heterocycles. The number of carbonyl (C=O) groups is 1. The molecular weight excluding hydrogens is 416 g/mol. The Balaban J connectivity index is 1.33. The molecule has 174 valence electrons. The maximum absolute atomic E-state index is 13.4. The number of phenolic OH excluding ortho intramolecular Hbond substituents is 1. The average Bonchev–Trinajstić information content (AvgIpc) is 3.37. The Morgan fingerprint density at radius 1 is 1.18 bits per heavy atom. The molecule has 7 nitrogen and oxygen atoms in total. The standard InChI is InChI=1S/C26H32N4O3/c1-16(2)10-23-21-12-22(25(31)13-24(21)28-27-23)26(32)30-14-17-4-5-20(11-18(17)15-30)33-19-6-8-29(3)9-7-19/h4-5,11-13,16,19,31H,6-10,14-15H2,1-3H3,(H,27,28). The molecule has 0 saturated carbocycles. The van der Waals surface area contributed by atoms with Gasteiger partial charge in [0.25, 0.3) is 5.91 Å². The lowest BCUT2D eigenvalue weighted by atomic mass is 10.0. The predicted molar refractivity (Wildman–Crippen MR) is 127 cm³/mol. The van der Waals surface area contributed by atoms with E-state index in [4.69, 9.17) is 4.74 Å². The lowest BCUT2D eigenvalue weighted by molar-refractivity contribution is 0.0748. The number of hydrogen-bond donors (Lipinski definition) is 2. The average molecular weight is 449 g/mol. The van der Waals surface area contributed by atoms with E-state index in [0.29, 0.717) is 30.1 Å². The minimum absolute atomic E-state index is 0.0302. The predicted octanol–water partition coefficient (Wildman–Crippen LogP) is 4.10. The van der Waals surface area contributed by atoms with Crippen LogP contribution < -0.4 is 4.74 Å². The number of aromatic hydroxyl groups is 1. The monoisotopic (exact) mass is 448 g/mol. The number of ether oxygens (including phenoxy) is 1. The van der Waals surface area contributed by atoms with E-state index in [-0.39, 0.29) is 17.8 Å². The molecule has 0 radical (unpaired) electrons. The lowest BCUT2D eigenvalue weighted by Crippen LogP contribution is -2.35. The Kier molecular flexibility index (Phi) is 5.74. The maximum atomic E-state index is 13.4. The number of aromatic amines is 1. The summed E-state index contributed by atoms with van der Waals surface area (Å²) in [6.45, 7) is 7.45. The number of hydrogen-bond acceptors (Lipinski definition) is 5. The fourth-order valence-electron chi connectivity index (χ4n) is 4.89. The van der Waals surface area contributed by atoms with E-state index in [2.05, 4.69) is 48.1 Å². The number of rotatable bonds is 5. The minimum atomic E-state index is -0.167. The molecule has 3 heterocycles. The van der Waals surface area contributed by atoms with Crippen molar-refractivity contribution in [2.75, 3.05) is 20.1 Å². The summed E-state index contributed by atoms with van der Waals surface area (Å²) in [5.41, 5.74) is 4.24. The van der Waals surface area contributed by atoms with E-state index >= 15 is 0 Å². The van der Waals surface area contributed by atoms with E-state index in [0.717, 1.165) is 60.3 Å². The highest BCUT2D eigenvalue weighted by Gasteiger charge is 2.28. The van der Waals surface area contributed by atoms with Crippen LogP contribution in [0.3, 0.4) is 0 Å². The first-order valence-electron chi connectivity index (χ1n) is 11.8. The quantitative estimate of drug-likeness (QED) is 0.614. The van der Waals surface area contributed by atoms with Crippen LogP contribution in [0.25, 0.3) is 10.9 Å². The molecule has 7 heteroatoms. The number of nitrogens with zero attached hydrogens (tertiary/aromatic N) is 3. The van der Waals surface area contributed by atoms with E-state index in [9.17, 15) is 9.90 Å². The van der Waals surface area contributed by atoms with Crippen LogP contribution in [0, 0.1) is 5.92 Å². The molecule has 1 fully saturated rings. The van der Waals surface area contributed by atoms with Crippen molar-refractivity contribution in [3.8, 4) is 11.5 Å². The molecule has 2 aliphatic heterocycles. The van der Waals surface area contributed by atoms with Gasteiger partial charge in [0.2, 0.25) is 0 Å². The third kappa shape index (κ3) is 4.42. The van der Waals surface area contributed by atoms with Gasteiger partial charge in [-0.25, -0.2) is 0 Å². The number of amides is 1. The maximum Gasteiger partial charge on any atom is 0.258 e. The summed E-state index contributed by atoms with van der Waals surface area (Å²) in [7, 11) is 2.14. The number of fused-ring (bicyclic) bond motifs is 2. The number of H-pyrrole nitrogens is 1. The van der Waals surface area contributed by atoms with E-state index in [1.807, 2.05) is 6.07 Å². The Labute approximate surface area is 194 Å². The molecule has 1 saturated heterocycles. The molecule has 1 amide bonds. The number of nitrogens with one attached hydrogen (secondary N) is 1. The topological polar surface area (TPSA) is 81.7 Å². The second kappa shape index (κ2) is 8.71. The molecule has 33 heavy (non-hydrogen) atoms. The van der Waals surface area contributed by atoms with Crippen molar-refractivity contribution in [2.45, 2.75) is 52.3 Å². The number of piperidine rings is 1. The SMILES string of the molecule is CC(C)Cc1[nH]nc2cc(O)c(C(=O)N3Cc4ccc(OC5CCN(C)CC5)cc4C3)cc12. The van der Waals surface area contributed by atoms with Gasteiger partial charge in [0.15, 0.2) is 0 Å². The fourth-order valence-corrected chi connectivity index (χ4v) is 4.89. The van der Waals surface area contributed by atoms with E-state index < -0.39 is 0 Å². The number of benzene rings is 2. The molecule has 0 unspecified atom stereocenters. The molecular formula is C26H32N4O3. The zero-order chi connectivity index (χ0) is 23.1. The molecule has 5 rings (SSSR count). The molecule has 0 spiro atoms. The number of carbonyl (C=O) groups excluding carboxylic acids is 1. The van der Waals surface area contributed by atoms with Gasteiger partial charge in [0.1, 0.15) is 17.6 Å². The minimum Gasteiger partial charge on any atom is -0.507 e. The van der Waals surface area contributed by atoms with Crippen LogP contribution in [0.4, 0.5) is 0 Å². The molecule has 0 bridgehead atoms. The summed E-state index contributed by atoms with van der Waals surface area (Å²) in [5.74, 6) is 1.14. The Morgan fingerprint density at radius 3 is 2.70 bits per heavy atom. The lowest BCUT2D eigenvalue weighted by Gasteiger charge is -2.29. The Bertz CT molecular complexity index is 1180. The van der Waals surface area contributed by atoms with Crippen molar-refractivity contribution in [1.82, 2.24) is 20.0 Å². The van der Waals surface area contributed by atoms with Gasteiger partial charge in [-0.1, -0.05) is 19.9 Å². The van der Waals surface area contributed by atoms with E-state index in [1.165, 1.54) is 0 Å². The summed E-state index contributed by atoms with van der Waals surface area (Å²) < 4.78 is 6.23. The van der Waals surface area contributed by atoms with Gasteiger partial charge < -0.3 is 19.6 Å². The summed E-state index contributed by atoms with van der Waals surface area (Å²) in [4.78, 5) is 17.5. The van der Waals surface area contributed by atoms with Gasteiger partial charge in [0.05, 0.1) is 11.1 Å². The van der Waals surface area contributed by atoms with Crippen molar-refractivity contribution in [3.05, 3.63) is 52.7 Å². The third-order valence-corrected chi connectivity index (χ3v) is 6.75. The molecule has 0 aliphatic carbocycles. The number of phenols is 1. The summed E-state index contributed by atoms with van der Waals surface area (Å²) in [6.07, 6.45) is 3.15. The van der Waals surface area contributed by atoms with Crippen LogP contribution in [0.5, 0.6) is 11.5 Å². The third-order valence-electron chi connectivity index (χ3n) is 6.75. The zero-order valence-corrected chi connectivity index (χ0v) is 19.6. The van der Waals surface area contributed by atoms with Crippen LogP contribution in [-0.4, -0.2) is 57.3 Å². The van der Waals surface area contributed by atoms with Crippen molar-refractivity contribution in [2.24, 2.45) is 5.92 Å². The largest absolute Gasteiger partial charge is 0.507 e. The smallest absolute Gasteiger partial charge is 0.258 e. The van der Waals surface area contributed by atoms with Gasteiger partial charge in [-0.05, 0) is 61.6 Å². The molecule has 2 aliphatic rings. The summed E-state index contributed by atoms with van der Waals surface area (Å²) in [6, 6.07) is 9.51. The van der Waals surface area contributed by atoms with Crippen molar-refractivity contribution in [1.29, 1.82) is 0 Å². The van der Waals surface area contributed by atoms with Crippen molar-refractivity contribution < 1.29 is 14.6 Å². The number of likely N-dealkylation sites (tertiary alicyclic amines) is 1. The molecule has 2 N–H and O–H groups in total. The van der Waals surface area contributed by atoms with E-state index in [1.54, 1.807) is 17.0 Å². The van der Waals surface area contributed by atoms with Crippen LogP contribution in [0.2, 0.25) is 0 Å². The van der Waals surface area contributed by atoms with Gasteiger partial charge in [-0.2, -0.15) is 5.10 Å². The second-order valence-electron chi connectivity index (χ2n) is 9.90. The van der Waals surface area contributed by atoms with Crippen LogP contribution in [-0.2, 0) is 19.5 Å². The van der Waals surface area contributed by atoms with Crippen LogP contribution in [0.15, 0.2) is 30.3 Å². The van der Waals surface area contributed by atoms with Gasteiger partial charge >= 0.3 is 0 Å². The van der Waals surface area contributed by atoms with Gasteiger partial charge in [0, 0.05) is 43.3 Å². The van der Waals surface area contributed by atoms with Crippen molar-refractivity contribution in [3.63, 3.8) is 0 Å². The van der Waals surface area contributed by atoms with Crippen LogP contribution >= 0.6 is 0 Å². The highest BCUT2D eigenvalue weighted by Crippen LogP contribution is 2.32. The Morgan fingerprint density at radius 2 is 1.94 bits per heavy atom. The van der Waals surface area contributed by atoms with Crippen LogP contribution in [0.1, 0.15) is 53.9 Å². The zero-order valence-electron chi connectivity index (χ0n) is 19.6. The highest BCUT2D eigenvalue weighted by molar-refractivity contribution is 6.01. The highest BCUT2D eigenvalue weighted by atomic mass is 16.5. The Hall–Kier alpha value is -3.06. The second-order valence-corrected chi connectivity index (χ2v) is 9.90. The summed E-state index contributed by atoms with van der Waals surface area (Å²) >= 11 is 0. The molecule has 0 atom stereocenters. The number of aromatic nitrogens is 2. The molecule has 3 aromatic rings. The summed E-state index contributed by atoms with van der Waals surface area (Å²) in [5, 5.41) is 18.8. The first kappa shape index (κ1) is 21.8. The van der Waals surface area contributed by atoms with Gasteiger partial charge in [-0.15, -0.1) is 0 Å². The molecule has 2 aromatic carbocycles. The fraction of sp³-hybridized carbons (Fsp3) is 0.462.